The second-order valence-electron chi connectivity index (χ2n) is 11.5. The Balaban J connectivity index is 0.00000237. The predicted molar refractivity (Wildman–Crippen MR) is 185 cm³/mol. The van der Waals surface area contributed by atoms with Crippen molar-refractivity contribution in [1.82, 2.24) is 14.8 Å². The van der Waals surface area contributed by atoms with Crippen LogP contribution in [-0.2, 0) is 11.8 Å². The maximum atomic E-state index is 6.55. The van der Waals surface area contributed by atoms with Gasteiger partial charge in [-0.2, -0.15) is 0 Å². The highest BCUT2D eigenvalue weighted by molar-refractivity contribution is 9.10. The molecule has 0 saturated carbocycles. The molecule has 228 valence electrons. The smallest absolute Gasteiger partial charge is 0.217 e. The van der Waals surface area contributed by atoms with Crippen molar-refractivity contribution in [1.29, 1.82) is 0 Å². The van der Waals surface area contributed by atoms with Crippen molar-refractivity contribution in [2.24, 2.45) is 0 Å². The summed E-state index contributed by atoms with van der Waals surface area (Å²) >= 11 is 3.85. The molecular formula is C37H52BrN3O. The van der Waals surface area contributed by atoms with E-state index in [2.05, 4.69) is 127 Å². The highest BCUT2D eigenvalue weighted by Gasteiger charge is 2.32. The van der Waals surface area contributed by atoms with Crippen LogP contribution in [0.1, 0.15) is 77.0 Å². The molecule has 1 aliphatic heterocycles. The van der Waals surface area contributed by atoms with Crippen LogP contribution in [-0.4, -0.2) is 61.7 Å². The lowest BCUT2D eigenvalue weighted by atomic mass is 9.73. The van der Waals surface area contributed by atoms with Crippen LogP contribution in [0, 0.1) is 0 Å². The fourth-order valence-corrected chi connectivity index (χ4v) is 6.26. The van der Waals surface area contributed by atoms with Gasteiger partial charge in [0.25, 0.3) is 0 Å². The van der Waals surface area contributed by atoms with Crippen LogP contribution in [0.4, 0.5) is 0 Å². The summed E-state index contributed by atoms with van der Waals surface area (Å²) < 4.78 is 7.63. The maximum Gasteiger partial charge on any atom is 0.217 e. The lowest BCUT2D eigenvalue weighted by Crippen LogP contribution is -2.33. The largest absolute Gasteiger partial charge is 0.476 e. The molecule has 0 aliphatic carbocycles. The highest BCUT2D eigenvalue weighted by atomic mass is 79.9. The van der Waals surface area contributed by atoms with Gasteiger partial charge in [0.2, 0.25) is 5.88 Å². The molecule has 0 amide bonds. The first-order valence-corrected chi connectivity index (χ1v) is 16.6. The number of nitrogens with zero attached hydrogens (tertiary/aromatic N) is 3. The number of aromatic nitrogens is 1. The Morgan fingerprint density at radius 3 is 2.40 bits per heavy atom. The summed E-state index contributed by atoms with van der Waals surface area (Å²) in [5.41, 5.74) is 5.75. The average Bonchev–Trinajstić information content (AvgIpc) is 3.01. The van der Waals surface area contributed by atoms with E-state index in [1.807, 2.05) is 13.8 Å². The summed E-state index contributed by atoms with van der Waals surface area (Å²) in [4.78, 5) is 10.1. The van der Waals surface area contributed by atoms with Crippen LogP contribution < -0.4 is 4.74 Å². The van der Waals surface area contributed by atoms with Gasteiger partial charge in [0.1, 0.15) is 6.61 Å². The number of halogens is 1. The minimum atomic E-state index is -0.216. The standard InChI is InChI=1S/C35H46BrN3O.C2H6/c1-6-14-27(7-2)23-29-24-28-25-31(36)26-32(35(3,17-20-38(4)5)30-15-10-8-11-16-30)33(28)37-34(29)40-22-21-39-18-12-9-13-19-39;1-2/h6-8,10-11,14-16,24-26H,9,12-13,17-23H2,1-5H3;1-2H3/b14-6-,27-7+;. The normalized spacial score (nSPS) is 16.0. The topological polar surface area (TPSA) is 28.6 Å². The van der Waals surface area contributed by atoms with Crippen LogP contribution in [0.5, 0.6) is 5.88 Å². The van der Waals surface area contributed by atoms with E-state index in [4.69, 9.17) is 9.72 Å². The number of allylic oxidation sites excluding steroid dienone is 4. The third-order valence-electron chi connectivity index (χ3n) is 8.23. The van der Waals surface area contributed by atoms with Gasteiger partial charge in [-0.25, -0.2) is 4.98 Å². The van der Waals surface area contributed by atoms with Crippen molar-refractivity contribution in [3.8, 4) is 5.88 Å². The van der Waals surface area contributed by atoms with Crippen molar-refractivity contribution in [3.05, 3.63) is 93.5 Å². The van der Waals surface area contributed by atoms with E-state index >= 15 is 0 Å². The Morgan fingerprint density at radius 2 is 1.76 bits per heavy atom. The van der Waals surface area contributed by atoms with E-state index in [1.54, 1.807) is 0 Å². The van der Waals surface area contributed by atoms with E-state index in [-0.39, 0.29) is 5.41 Å². The summed E-state index contributed by atoms with van der Waals surface area (Å²) in [5.74, 6) is 0.764. The first kappa shape index (κ1) is 34.0. The van der Waals surface area contributed by atoms with Gasteiger partial charge in [-0.15, -0.1) is 0 Å². The summed E-state index contributed by atoms with van der Waals surface area (Å²) in [7, 11) is 4.29. The maximum absolute atomic E-state index is 6.55. The summed E-state index contributed by atoms with van der Waals surface area (Å²) in [5, 5.41) is 1.14. The van der Waals surface area contributed by atoms with Crippen molar-refractivity contribution >= 4 is 26.8 Å². The van der Waals surface area contributed by atoms with Crippen molar-refractivity contribution in [3.63, 3.8) is 0 Å². The molecule has 0 spiro atoms. The molecule has 1 unspecified atom stereocenters. The number of rotatable bonds is 12. The van der Waals surface area contributed by atoms with Gasteiger partial charge < -0.3 is 9.64 Å². The zero-order chi connectivity index (χ0) is 30.5. The van der Waals surface area contributed by atoms with Gasteiger partial charge in [-0.3, -0.25) is 4.90 Å². The Hall–Kier alpha value is -2.47. The van der Waals surface area contributed by atoms with Crippen LogP contribution in [0.25, 0.3) is 10.9 Å². The molecule has 5 heteroatoms. The molecule has 2 aromatic carbocycles. The minimum Gasteiger partial charge on any atom is -0.476 e. The average molecular weight is 635 g/mol. The molecule has 2 heterocycles. The van der Waals surface area contributed by atoms with Crippen molar-refractivity contribution in [2.45, 2.75) is 72.1 Å². The third-order valence-corrected chi connectivity index (χ3v) is 8.69. The number of fused-ring (bicyclic) bond motifs is 1. The molecule has 0 bridgehead atoms. The van der Waals surface area contributed by atoms with Crippen molar-refractivity contribution in [2.75, 3.05) is 46.9 Å². The molecule has 1 atom stereocenters. The number of ether oxygens (including phenoxy) is 1. The van der Waals surface area contributed by atoms with E-state index in [0.29, 0.717) is 6.61 Å². The van der Waals surface area contributed by atoms with Crippen LogP contribution in [0.3, 0.4) is 0 Å². The minimum absolute atomic E-state index is 0.216. The Morgan fingerprint density at radius 1 is 1.05 bits per heavy atom. The monoisotopic (exact) mass is 633 g/mol. The predicted octanol–water partition coefficient (Wildman–Crippen LogP) is 9.21. The first-order chi connectivity index (χ1) is 20.3. The van der Waals surface area contributed by atoms with E-state index in [9.17, 15) is 0 Å². The van der Waals surface area contributed by atoms with Crippen LogP contribution in [0.2, 0.25) is 0 Å². The molecule has 42 heavy (non-hydrogen) atoms. The Kier molecular flexibility index (Phi) is 13.8. The molecule has 1 aromatic heterocycles. The summed E-state index contributed by atoms with van der Waals surface area (Å²) in [6.07, 6.45) is 12.2. The molecule has 0 N–H and O–H groups in total. The second-order valence-corrected chi connectivity index (χ2v) is 12.4. The molecule has 1 fully saturated rings. The van der Waals surface area contributed by atoms with E-state index in [1.165, 1.54) is 49.1 Å². The summed E-state index contributed by atoms with van der Waals surface area (Å²) in [6.45, 7) is 15.5. The Bertz CT molecular complexity index is 1310. The number of pyridine rings is 1. The number of benzene rings is 2. The molecular weight excluding hydrogens is 582 g/mol. The van der Waals surface area contributed by atoms with E-state index < -0.39 is 0 Å². The fraction of sp³-hybridized carbons (Fsp3) is 0.486. The molecule has 0 radical (unpaired) electrons. The van der Waals surface area contributed by atoms with Gasteiger partial charge in [0, 0.05) is 33.8 Å². The molecule has 3 aromatic rings. The lowest BCUT2D eigenvalue weighted by Gasteiger charge is -2.33. The zero-order valence-corrected chi connectivity index (χ0v) is 28.6. The molecule has 4 rings (SSSR count). The third kappa shape index (κ3) is 9.02. The quantitative estimate of drug-likeness (QED) is 0.186. The van der Waals surface area contributed by atoms with Crippen LogP contribution >= 0.6 is 15.9 Å². The number of piperidine rings is 1. The fourth-order valence-electron chi connectivity index (χ4n) is 5.78. The van der Waals surface area contributed by atoms with Gasteiger partial charge in [0.15, 0.2) is 0 Å². The molecule has 1 saturated heterocycles. The zero-order valence-electron chi connectivity index (χ0n) is 27.0. The highest BCUT2D eigenvalue weighted by Crippen LogP contribution is 2.41. The number of hydrogen-bond donors (Lipinski definition) is 0. The van der Waals surface area contributed by atoms with E-state index in [0.717, 1.165) is 52.8 Å². The molecule has 1 aliphatic rings. The number of likely N-dealkylation sites (tertiary alicyclic amines) is 1. The second kappa shape index (κ2) is 17.0. The number of hydrogen-bond acceptors (Lipinski definition) is 4. The lowest BCUT2D eigenvalue weighted by molar-refractivity contribution is 0.180. The van der Waals surface area contributed by atoms with Gasteiger partial charge >= 0.3 is 0 Å². The van der Waals surface area contributed by atoms with Gasteiger partial charge in [-0.05, 0) is 102 Å². The summed E-state index contributed by atoms with van der Waals surface area (Å²) in [6, 6.07) is 17.7. The van der Waals surface area contributed by atoms with Crippen LogP contribution in [0.15, 0.2) is 76.8 Å². The van der Waals surface area contributed by atoms with Gasteiger partial charge in [0.05, 0.1) is 5.52 Å². The Labute approximate surface area is 264 Å². The molecule has 4 nitrogen and oxygen atoms in total. The first-order valence-electron chi connectivity index (χ1n) is 15.8. The SMILES string of the molecule is C/C=C\C(=C/C)Cc1cc2cc(Br)cc(C(C)(CCN(C)C)c3ccccc3)c2nc1OCCN1CCCCC1.CC. The van der Waals surface area contributed by atoms with Crippen molar-refractivity contribution < 1.29 is 4.74 Å². The van der Waals surface area contributed by atoms with Gasteiger partial charge in [-0.1, -0.05) is 91.7 Å².